The van der Waals surface area contributed by atoms with Gasteiger partial charge >= 0.3 is 0 Å². The van der Waals surface area contributed by atoms with E-state index in [1.54, 1.807) is 0 Å². The zero-order valence-electron chi connectivity index (χ0n) is 8.51. The van der Waals surface area contributed by atoms with E-state index in [1.807, 2.05) is 25.4 Å². The largest absolute Gasteiger partial charge is 0.256 e. The van der Waals surface area contributed by atoms with Gasteiger partial charge in [0.05, 0.1) is 5.70 Å². The summed E-state index contributed by atoms with van der Waals surface area (Å²) in [4.78, 5) is 4.14. The fraction of sp³-hybridized carbons (Fsp3) is 0.300. The van der Waals surface area contributed by atoms with E-state index in [0.29, 0.717) is 0 Å². The van der Waals surface area contributed by atoms with E-state index in [-0.39, 0.29) is 0 Å². The van der Waals surface area contributed by atoms with Crippen LogP contribution in [0.25, 0.3) is 0 Å². The topological polar surface area (TPSA) is 12.4 Å². The Bertz CT molecular complexity index is 340. The number of hydrogen-bond donors (Lipinski definition) is 0. The highest BCUT2D eigenvalue weighted by Gasteiger charge is 2.10. The fourth-order valence-electron chi connectivity index (χ4n) is 1.10. The Morgan fingerprint density at radius 2 is 1.79 bits per heavy atom. The molecule has 0 aromatic rings. The van der Waals surface area contributed by atoms with Gasteiger partial charge < -0.3 is 0 Å². The van der Waals surface area contributed by atoms with Crippen molar-refractivity contribution in [3.8, 4) is 0 Å². The summed E-state index contributed by atoms with van der Waals surface area (Å²) in [6, 6.07) is 0. The second-order valence-electron chi connectivity index (χ2n) is 3.65. The van der Waals surface area contributed by atoms with Crippen molar-refractivity contribution in [1.82, 2.24) is 0 Å². The SMILES string of the molecule is CC1=CC2=CC=NC2=C1.C[Si](C)(Cl)Cl. The third kappa shape index (κ3) is 4.27. The first-order valence-corrected chi connectivity index (χ1v) is 9.41. The molecule has 1 aliphatic heterocycles. The molecule has 0 radical (unpaired) electrons. The number of hydrogen-bond acceptors (Lipinski definition) is 1. The molecular formula is C10H13Cl2NSi. The summed E-state index contributed by atoms with van der Waals surface area (Å²) < 4.78 is 0. The van der Waals surface area contributed by atoms with Gasteiger partial charge in [0.15, 0.2) is 0 Å². The van der Waals surface area contributed by atoms with Gasteiger partial charge in [-0.1, -0.05) is 0 Å². The average Bonchev–Trinajstić information content (AvgIpc) is 2.40. The fourth-order valence-corrected chi connectivity index (χ4v) is 1.10. The Hall–Kier alpha value is -0.313. The molecular weight excluding hydrogens is 233 g/mol. The van der Waals surface area contributed by atoms with Gasteiger partial charge in [-0.25, -0.2) is 0 Å². The molecule has 0 saturated carbocycles. The van der Waals surface area contributed by atoms with Crippen LogP contribution in [0.5, 0.6) is 0 Å². The first kappa shape index (κ1) is 11.8. The Labute approximate surface area is 95.2 Å². The van der Waals surface area contributed by atoms with Gasteiger partial charge in [0.2, 0.25) is 6.69 Å². The molecule has 1 heterocycles. The summed E-state index contributed by atoms with van der Waals surface area (Å²) >= 11 is 10.9. The highest BCUT2D eigenvalue weighted by molar-refractivity contribution is 7.44. The molecule has 0 spiro atoms. The molecule has 14 heavy (non-hydrogen) atoms. The maximum Gasteiger partial charge on any atom is 0.245 e. The van der Waals surface area contributed by atoms with Gasteiger partial charge in [0, 0.05) is 11.8 Å². The smallest absolute Gasteiger partial charge is 0.245 e. The highest BCUT2D eigenvalue weighted by atomic mass is 35.7. The molecule has 0 fully saturated rings. The van der Waals surface area contributed by atoms with Crippen molar-refractivity contribution in [3.63, 3.8) is 0 Å². The van der Waals surface area contributed by atoms with Gasteiger partial charge in [-0.15, -0.1) is 22.2 Å². The minimum Gasteiger partial charge on any atom is -0.256 e. The molecule has 2 aliphatic rings. The number of aliphatic imine (C=N–C) groups is 1. The maximum absolute atomic E-state index is 5.43. The Morgan fingerprint density at radius 1 is 1.21 bits per heavy atom. The van der Waals surface area contributed by atoms with Crippen molar-refractivity contribution < 1.29 is 0 Å². The van der Waals surface area contributed by atoms with E-state index in [1.165, 1.54) is 11.1 Å². The first-order chi connectivity index (χ1) is 6.36. The molecule has 0 N–H and O–H groups in total. The van der Waals surface area contributed by atoms with E-state index >= 15 is 0 Å². The second kappa shape index (κ2) is 4.47. The van der Waals surface area contributed by atoms with E-state index in [2.05, 4.69) is 24.1 Å². The molecule has 1 aliphatic carbocycles. The summed E-state index contributed by atoms with van der Waals surface area (Å²) in [7, 11) is 0. The lowest BCUT2D eigenvalue weighted by molar-refractivity contribution is 1.43. The molecule has 76 valence electrons. The molecule has 1 nitrogen and oxygen atoms in total. The van der Waals surface area contributed by atoms with Crippen molar-refractivity contribution in [1.29, 1.82) is 0 Å². The van der Waals surface area contributed by atoms with Crippen molar-refractivity contribution in [2.75, 3.05) is 0 Å². The van der Waals surface area contributed by atoms with Crippen LogP contribution in [-0.4, -0.2) is 12.9 Å². The van der Waals surface area contributed by atoms with Gasteiger partial charge in [-0.2, -0.15) is 0 Å². The van der Waals surface area contributed by atoms with Gasteiger partial charge in [0.25, 0.3) is 0 Å². The lowest BCUT2D eigenvalue weighted by Gasteiger charge is -1.93. The van der Waals surface area contributed by atoms with Gasteiger partial charge in [-0.05, 0) is 43.8 Å². The average molecular weight is 246 g/mol. The standard InChI is InChI=1S/C8H7N.C2H6Cl2Si/c1-6-4-7-2-3-9-8(7)5-6;1-5(2,3)4/h2-5H,1H3;1-2H3. The molecule has 0 atom stereocenters. The zero-order chi connectivity index (χ0) is 10.8. The molecule has 2 rings (SSSR count). The van der Waals surface area contributed by atoms with Crippen LogP contribution >= 0.6 is 22.2 Å². The molecule has 0 aromatic heterocycles. The third-order valence-corrected chi connectivity index (χ3v) is 1.51. The molecule has 0 aromatic carbocycles. The summed E-state index contributed by atoms with van der Waals surface area (Å²) in [5.74, 6) is 0. The van der Waals surface area contributed by atoms with Gasteiger partial charge in [-0.3, -0.25) is 4.99 Å². The summed E-state index contributed by atoms with van der Waals surface area (Å²) in [5, 5.41) is 0. The van der Waals surface area contributed by atoms with E-state index < -0.39 is 6.69 Å². The molecule has 0 unspecified atom stereocenters. The van der Waals surface area contributed by atoms with Crippen LogP contribution in [0, 0.1) is 0 Å². The second-order valence-corrected chi connectivity index (χ2v) is 12.6. The number of nitrogens with zero attached hydrogens (tertiary/aromatic N) is 1. The van der Waals surface area contributed by atoms with Crippen molar-refractivity contribution >= 4 is 35.1 Å². The molecule has 0 saturated heterocycles. The van der Waals surface area contributed by atoms with Crippen LogP contribution < -0.4 is 0 Å². The Morgan fingerprint density at radius 3 is 2.29 bits per heavy atom. The van der Waals surface area contributed by atoms with Gasteiger partial charge in [0.1, 0.15) is 0 Å². The summed E-state index contributed by atoms with van der Waals surface area (Å²) in [6.45, 7) is 4.13. The highest BCUT2D eigenvalue weighted by Crippen LogP contribution is 2.26. The van der Waals surface area contributed by atoms with Crippen LogP contribution in [0.2, 0.25) is 13.1 Å². The zero-order valence-corrected chi connectivity index (χ0v) is 11.0. The van der Waals surface area contributed by atoms with Crippen LogP contribution in [0.1, 0.15) is 6.92 Å². The number of allylic oxidation sites excluding steroid dienone is 4. The van der Waals surface area contributed by atoms with E-state index in [4.69, 9.17) is 22.2 Å². The van der Waals surface area contributed by atoms with E-state index in [0.717, 1.165) is 5.70 Å². The number of halogens is 2. The number of rotatable bonds is 0. The lowest BCUT2D eigenvalue weighted by atomic mass is 10.2. The normalized spacial score (nSPS) is 17.9. The lowest BCUT2D eigenvalue weighted by Crippen LogP contribution is -2.02. The van der Waals surface area contributed by atoms with Crippen LogP contribution in [0.4, 0.5) is 0 Å². The monoisotopic (exact) mass is 245 g/mol. The van der Waals surface area contributed by atoms with E-state index in [9.17, 15) is 0 Å². The quantitative estimate of drug-likeness (QED) is 0.452. The predicted molar refractivity (Wildman–Crippen MR) is 67.6 cm³/mol. The Balaban J connectivity index is 0.000000171. The maximum atomic E-state index is 5.43. The number of fused-ring (bicyclic) bond motifs is 1. The van der Waals surface area contributed by atoms with Crippen molar-refractivity contribution in [3.05, 3.63) is 35.1 Å². The summed E-state index contributed by atoms with van der Waals surface area (Å²) in [5.41, 5.74) is 3.67. The van der Waals surface area contributed by atoms with Crippen molar-refractivity contribution in [2.24, 2.45) is 4.99 Å². The molecule has 0 bridgehead atoms. The first-order valence-electron chi connectivity index (χ1n) is 4.39. The Kier molecular flexibility index (Phi) is 3.76. The third-order valence-electron chi connectivity index (χ3n) is 1.51. The summed E-state index contributed by atoms with van der Waals surface area (Å²) in [6.07, 6.45) is 8.10. The van der Waals surface area contributed by atoms with Crippen LogP contribution in [0.3, 0.4) is 0 Å². The van der Waals surface area contributed by atoms with Crippen LogP contribution in [-0.2, 0) is 0 Å². The minimum atomic E-state index is -1.67. The molecule has 0 amide bonds. The van der Waals surface area contributed by atoms with Crippen LogP contribution in [0.15, 0.2) is 40.1 Å². The van der Waals surface area contributed by atoms with Crippen molar-refractivity contribution in [2.45, 2.75) is 20.0 Å². The minimum absolute atomic E-state index is 1.12. The molecule has 4 heteroatoms. The predicted octanol–water partition coefficient (Wildman–Crippen LogP) is 4.01.